The number of ether oxygens (including phenoxy) is 3. The molecule has 0 saturated heterocycles. The molecule has 0 aliphatic rings. The van der Waals surface area contributed by atoms with Crippen molar-refractivity contribution in [1.29, 1.82) is 0 Å². The Morgan fingerprint density at radius 1 is 1.16 bits per heavy atom. The summed E-state index contributed by atoms with van der Waals surface area (Å²) in [7, 11) is 0.00272. The molecule has 0 N–H and O–H groups in total. The normalized spacial score (nSPS) is 12.1. The molecule has 2 atom stereocenters. The molecule has 32 heavy (non-hydrogen) atoms. The standard InChI is InChI=1S/C20H24N3O8P/c1-5-6-7-8-20(24)31-18(13-22-23-21)19(15-30-32(25,27-3)28-4)29-14-16-9-11-17(26-2)12-10-16/h9-12,18-19H,13-15H2,1-4H3/t18-,19-/m0/s1. The number of phosphoric acid groups is 1. The van der Waals surface area contributed by atoms with Crippen molar-refractivity contribution in [1.82, 2.24) is 0 Å². The summed E-state index contributed by atoms with van der Waals surface area (Å²) in [6.07, 6.45) is -2.12. The van der Waals surface area contributed by atoms with Crippen LogP contribution in [0.4, 0.5) is 0 Å². The Morgan fingerprint density at radius 2 is 1.84 bits per heavy atom. The van der Waals surface area contributed by atoms with E-state index in [1.807, 2.05) is 0 Å². The van der Waals surface area contributed by atoms with Gasteiger partial charge in [0.15, 0.2) is 0 Å². The lowest BCUT2D eigenvalue weighted by atomic mass is 10.2. The number of hydrogen-bond donors (Lipinski definition) is 0. The minimum atomic E-state index is -3.85. The van der Waals surface area contributed by atoms with Crippen LogP contribution in [0.5, 0.6) is 5.75 Å². The lowest BCUT2D eigenvalue weighted by Gasteiger charge is -2.26. The second-order valence-corrected chi connectivity index (χ2v) is 7.67. The first-order valence-electron chi connectivity index (χ1n) is 9.16. The lowest BCUT2D eigenvalue weighted by molar-refractivity contribution is -0.152. The second-order valence-electron chi connectivity index (χ2n) is 5.79. The molecule has 1 rings (SSSR count). The number of hydrogen-bond acceptors (Lipinski definition) is 9. The van der Waals surface area contributed by atoms with Crippen molar-refractivity contribution < 1.29 is 37.1 Å². The van der Waals surface area contributed by atoms with E-state index in [1.54, 1.807) is 38.3 Å². The van der Waals surface area contributed by atoms with E-state index in [2.05, 4.69) is 33.7 Å². The molecule has 172 valence electrons. The number of nitrogens with zero attached hydrogens (tertiary/aromatic N) is 3. The second kappa shape index (κ2) is 14.9. The smallest absolute Gasteiger partial charge is 0.474 e. The summed E-state index contributed by atoms with van der Waals surface area (Å²) >= 11 is 0. The van der Waals surface area contributed by atoms with Gasteiger partial charge >= 0.3 is 13.8 Å². The average molecular weight is 465 g/mol. The summed E-state index contributed by atoms with van der Waals surface area (Å²) in [6, 6.07) is 7.04. The Hall–Kier alpha value is -3.01. The molecule has 0 heterocycles. The fourth-order valence-electron chi connectivity index (χ4n) is 2.19. The summed E-state index contributed by atoms with van der Waals surface area (Å²) in [5, 5.41) is 3.45. The van der Waals surface area contributed by atoms with Crippen molar-refractivity contribution in [3.8, 4) is 29.4 Å². The predicted molar refractivity (Wildman–Crippen MR) is 114 cm³/mol. The van der Waals surface area contributed by atoms with E-state index in [0.717, 1.165) is 19.8 Å². The highest BCUT2D eigenvalue weighted by Crippen LogP contribution is 2.47. The SMILES string of the molecule is CC#CC#CC(=O)O[C@@H](CN=[N+]=[N-])[C@H](COP(=O)(OC)OC)OCc1ccc(OC)cc1. The third-order valence-corrected chi connectivity index (χ3v) is 5.18. The molecular formula is C20H24N3O8P. The van der Waals surface area contributed by atoms with E-state index < -0.39 is 26.0 Å². The first-order chi connectivity index (χ1) is 15.4. The Morgan fingerprint density at radius 3 is 2.41 bits per heavy atom. The Labute approximate surface area is 186 Å². The van der Waals surface area contributed by atoms with E-state index >= 15 is 0 Å². The van der Waals surface area contributed by atoms with Crippen LogP contribution in [0.2, 0.25) is 0 Å². The summed E-state index contributed by atoms with van der Waals surface area (Å²) in [5.74, 6) is 9.20. The summed E-state index contributed by atoms with van der Waals surface area (Å²) in [5.41, 5.74) is 9.47. The third kappa shape index (κ3) is 9.86. The van der Waals surface area contributed by atoms with Crippen LogP contribution in [0, 0.1) is 23.7 Å². The molecule has 0 aliphatic heterocycles. The number of azide groups is 1. The van der Waals surface area contributed by atoms with Crippen LogP contribution in [0.3, 0.4) is 0 Å². The van der Waals surface area contributed by atoms with Gasteiger partial charge in [-0.05, 0) is 42.0 Å². The van der Waals surface area contributed by atoms with Gasteiger partial charge in [-0.3, -0.25) is 13.6 Å². The van der Waals surface area contributed by atoms with E-state index in [1.165, 1.54) is 0 Å². The molecule has 0 bridgehead atoms. The molecule has 12 heteroatoms. The van der Waals surface area contributed by atoms with Crippen molar-refractivity contribution in [3.63, 3.8) is 0 Å². The zero-order valence-corrected chi connectivity index (χ0v) is 19.0. The van der Waals surface area contributed by atoms with Gasteiger partial charge in [0, 0.05) is 25.1 Å². The minimum absolute atomic E-state index is 0.0690. The Kier molecular flexibility index (Phi) is 12.6. The van der Waals surface area contributed by atoms with Gasteiger partial charge in [0.1, 0.15) is 18.0 Å². The number of phosphoric ester groups is 1. The van der Waals surface area contributed by atoms with Crippen molar-refractivity contribution in [2.45, 2.75) is 25.7 Å². The predicted octanol–water partition coefficient (Wildman–Crippen LogP) is 3.25. The van der Waals surface area contributed by atoms with E-state index in [4.69, 9.17) is 33.3 Å². The van der Waals surface area contributed by atoms with Crippen molar-refractivity contribution in [2.24, 2.45) is 5.11 Å². The van der Waals surface area contributed by atoms with Crippen LogP contribution in [-0.2, 0) is 39.0 Å². The topological polar surface area (TPSA) is 138 Å². The quantitative estimate of drug-likeness (QED) is 0.0823. The van der Waals surface area contributed by atoms with Gasteiger partial charge < -0.3 is 14.2 Å². The molecule has 0 amide bonds. The zero-order chi connectivity index (χ0) is 23.8. The fraction of sp³-hybridized carbons (Fsp3) is 0.450. The summed E-state index contributed by atoms with van der Waals surface area (Å²) in [4.78, 5) is 14.7. The molecule has 0 aromatic heterocycles. The first-order valence-corrected chi connectivity index (χ1v) is 10.6. The molecule has 1 aromatic carbocycles. The van der Waals surface area contributed by atoms with E-state index in [0.29, 0.717) is 5.75 Å². The van der Waals surface area contributed by atoms with E-state index in [-0.39, 0.29) is 19.8 Å². The van der Waals surface area contributed by atoms with Gasteiger partial charge in [-0.2, -0.15) is 0 Å². The molecule has 0 spiro atoms. The lowest BCUT2D eigenvalue weighted by Crippen LogP contribution is -2.39. The van der Waals surface area contributed by atoms with Gasteiger partial charge in [-0.15, -0.1) is 0 Å². The first kappa shape index (κ1) is 27.0. The van der Waals surface area contributed by atoms with Gasteiger partial charge in [0.05, 0.1) is 26.9 Å². The average Bonchev–Trinajstić information content (AvgIpc) is 2.82. The molecule has 0 fully saturated rings. The highest BCUT2D eigenvalue weighted by atomic mass is 31.2. The number of methoxy groups -OCH3 is 1. The minimum Gasteiger partial charge on any atom is -0.497 e. The number of benzene rings is 1. The van der Waals surface area contributed by atoms with Gasteiger partial charge in [-0.25, -0.2) is 9.36 Å². The number of esters is 1. The zero-order valence-electron chi connectivity index (χ0n) is 18.1. The fourth-order valence-corrected chi connectivity index (χ4v) is 2.88. The van der Waals surface area contributed by atoms with Crippen LogP contribution in [0.1, 0.15) is 12.5 Å². The molecular weight excluding hydrogens is 441 g/mol. The number of carbonyl (C=O) groups is 1. The monoisotopic (exact) mass is 465 g/mol. The maximum absolute atomic E-state index is 12.3. The molecule has 11 nitrogen and oxygen atoms in total. The number of rotatable bonds is 13. The van der Waals surface area contributed by atoms with Gasteiger partial charge in [-0.1, -0.05) is 23.2 Å². The van der Waals surface area contributed by atoms with Crippen LogP contribution >= 0.6 is 7.82 Å². The van der Waals surface area contributed by atoms with Gasteiger partial charge in [0.25, 0.3) is 0 Å². The van der Waals surface area contributed by atoms with Crippen LogP contribution < -0.4 is 4.74 Å². The molecule has 0 unspecified atom stereocenters. The van der Waals surface area contributed by atoms with Crippen molar-refractivity contribution >= 4 is 13.8 Å². The largest absolute Gasteiger partial charge is 0.497 e. The molecule has 0 saturated carbocycles. The summed E-state index contributed by atoms with van der Waals surface area (Å²) < 4.78 is 43.2. The summed E-state index contributed by atoms with van der Waals surface area (Å²) in [6.45, 7) is 0.981. The highest BCUT2D eigenvalue weighted by molar-refractivity contribution is 7.48. The van der Waals surface area contributed by atoms with Gasteiger partial charge in [0.2, 0.25) is 0 Å². The molecule has 0 radical (unpaired) electrons. The number of carbonyl (C=O) groups excluding carboxylic acids is 1. The van der Waals surface area contributed by atoms with Crippen molar-refractivity contribution in [3.05, 3.63) is 40.3 Å². The maximum Gasteiger partial charge on any atom is 0.474 e. The Balaban J connectivity index is 3.06. The Bertz CT molecular complexity index is 947. The maximum atomic E-state index is 12.3. The molecule has 1 aromatic rings. The van der Waals surface area contributed by atoms with Crippen LogP contribution in [0.25, 0.3) is 10.4 Å². The van der Waals surface area contributed by atoms with Crippen molar-refractivity contribution in [2.75, 3.05) is 34.5 Å². The van der Waals surface area contributed by atoms with Crippen LogP contribution in [-0.4, -0.2) is 52.7 Å². The van der Waals surface area contributed by atoms with E-state index in [9.17, 15) is 9.36 Å². The highest BCUT2D eigenvalue weighted by Gasteiger charge is 2.31. The third-order valence-electron chi connectivity index (χ3n) is 3.82. The molecule has 0 aliphatic carbocycles. The van der Waals surface area contributed by atoms with Crippen LogP contribution in [0.15, 0.2) is 29.4 Å².